The Hall–Kier alpha value is -1.61. The van der Waals surface area contributed by atoms with Gasteiger partial charge in [0.2, 0.25) is 0 Å². The van der Waals surface area contributed by atoms with Crippen molar-refractivity contribution in [1.29, 1.82) is 0 Å². The van der Waals surface area contributed by atoms with Crippen molar-refractivity contribution >= 4 is 24.0 Å². The van der Waals surface area contributed by atoms with Crippen molar-refractivity contribution in [2.24, 2.45) is 10.2 Å². The van der Waals surface area contributed by atoms with Gasteiger partial charge in [0, 0.05) is 4.90 Å². The van der Waals surface area contributed by atoms with Crippen LogP contribution in [0.1, 0.15) is 0 Å². The van der Waals surface area contributed by atoms with Crippen LogP contribution in [-0.4, -0.2) is 0 Å². The summed E-state index contributed by atoms with van der Waals surface area (Å²) in [6.07, 6.45) is 0. The van der Waals surface area contributed by atoms with Crippen LogP contribution < -0.4 is 0 Å². The summed E-state index contributed by atoms with van der Waals surface area (Å²) in [5, 5.41) is 8.21. The van der Waals surface area contributed by atoms with E-state index in [9.17, 15) is 0 Å². The molecule has 0 aromatic heterocycles. The Labute approximate surface area is 94.1 Å². The van der Waals surface area contributed by atoms with Gasteiger partial charge in [-0.3, -0.25) is 0 Å². The third-order valence-electron chi connectivity index (χ3n) is 1.89. The minimum absolute atomic E-state index is 0.830. The lowest BCUT2D eigenvalue weighted by molar-refractivity contribution is 1.22. The molecule has 2 aromatic rings. The van der Waals surface area contributed by atoms with Gasteiger partial charge < -0.3 is 0 Å². The molecule has 0 atom stereocenters. The molecule has 0 saturated heterocycles. The average molecular weight is 214 g/mol. The van der Waals surface area contributed by atoms with Gasteiger partial charge >= 0.3 is 0 Å². The summed E-state index contributed by atoms with van der Waals surface area (Å²) >= 11 is 4.20. The Morgan fingerprint density at radius 3 is 1.80 bits per heavy atom. The van der Waals surface area contributed by atoms with Gasteiger partial charge in [0.05, 0.1) is 11.4 Å². The van der Waals surface area contributed by atoms with Crippen LogP contribution in [0, 0.1) is 0 Å². The molecule has 0 unspecified atom stereocenters. The van der Waals surface area contributed by atoms with Crippen LogP contribution in [0.2, 0.25) is 0 Å². The molecule has 0 aliphatic heterocycles. The lowest BCUT2D eigenvalue weighted by Crippen LogP contribution is -1.65. The summed E-state index contributed by atoms with van der Waals surface area (Å²) in [5.74, 6) is 0. The standard InChI is InChI=1S/C12H10N2S/c15-12-8-6-11(7-9-12)14-13-10-4-2-1-3-5-10/h1-9,15H/b14-13+. The molecular weight excluding hydrogens is 204 g/mol. The summed E-state index contributed by atoms with van der Waals surface area (Å²) in [6.45, 7) is 0. The molecule has 0 N–H and O–H groups in total. The second-order valence-electron chi connectivity index (χ2n) is 3.05. The highest BCUT2D eigenvalue weighted by atomic mass is 32.1. The summed E-state index contributed by atoms with van der Waals surface area (Å²) in [6, 6.07) is 17.2. The maximum atomic E-state index is 4.20. The highest BCUT2D eigenvalue weighted by Crippen LogP contribution is 2.18. The third kappa shape index (κ3) is 2.92. The molecule has 15 heavy (non-hydrogen) atoms. The van der Waals surface area contributed by atoms with E-state index in [1.54, 1.807) is 0 Å². The average Bonchev–Trinajstić information content (AvgIpc) is 2.30. The van der Waals surface area contributed by atoms with Crippen LogP contribution >= 0.6 is 12.6 Å². The number of thiol groups is 1. The largest absolute Gasteiger partial charge is 0.151 e. The van der Waals surface area contributed by atoms with Crippen molar-refractivity contribution in [3.05, 3.63) is 54.6 Å². The number of benzene rings is 2. The molecule has 0 aliphatic rings. The number of nitrogens with zero attached hydrogens (tertiary/aromatic N) is 2. The second kappa shape index (κ2) is 4.75. The molecule has 0 saturated carbocycles. The van der Waals surface area contributed by atoms with E-state index in [0.717, 1.165) is 16.3 Å². The predicted molar refractivity (Wildman–Crippen MR) is 64.3 cm³/mol. The molecule has 74 valence electrons. The van der Waals surface area contributed by atoms with Gasteiger partial charge in [-0.1, -0.05) is 18.2 Å². The zero-order chi connectivity index (χ0) is 10.5. The normalized spacial score (nSPS) is 10.7. The Morgan fingerprint density at radius 1 is 0.667 bits per heavy atom. The van der Waals surface area contributed by atoms with Crippen LogP contribution in [0.15, 0.2) is 69.7 Å². The molecule has 0 aliphatic carbocycles. The fourth-order valence-electron chi connectivity index (χ4n) is 1.13. The predicted octanol–water partition coefficient (Wildman–Crippen LogP) is 4.39. The van der Waals surface area contributed by atoms with Crippen LogP contribution in [0.3, 0.4) is 0 Å². The van der Waals surface area contributed by atoms with Crippen LogP contribution in [0.25, 0.3) is 0 Å². The van der Waals surface area contributed by atoms with E-state index in [-0.39, 0.29) is 0 Å². The number of azo groups is 1. The topological polar surface area (TPSA) is 24.7 Å². The SMILES string of the molecule is Sc1ccc(/N=N/c2ccccc2)cc1. The Balaban J connectivity index is 2.15. The van der Waals surface area contributed by atoms with E-state index in [2.05, 4.69) is 22.9 Å². The van der Waals surface area contributed by atoms with Crippen LogP contribution in [0.5, 0.6) is 0 Å². The first-order valence-electron chi connectivity index (χ1n) is 4.60. The highest BCUT2D eigenvalue weighted by Gasteiger charge is 1.89. The molecule has 0 amide bonds. The Kier molecular flexibility index (Phi) is 3.15. The number of hydrogen-bond acceptors (Lipinski definition) is 3. The molecule has 0 fully saturated rings. The van der Waals surface area contributed by atoms with E-state index >= 15 is 0 Å². The summed E-state index contributed by atoms with van der Waals surface area (Å²) in [7, 11) is 0. The Bertz CT molecular complexity index is 449. The van der Waals surface area contributed by atoms with E-state index < -0.39 is 0 Å². The first-order chi connectivity index (χ1) is 7.34. The maximum Gasteiger partial charge on any atom is 0.0857 e. The third-order valence-corrected chi connectivity index (χ3v) is 2.18. The second-order valence-corrected chi connectivity index (χ2v) is 3.57. The zero-order valence-electron chi connectivity index (χ0n) is 8.04. The quantitative estimate of drug-likeness (QED) is 0.566. The molecule has 2 aromatic carbocycles. The van der Waals surface area contributed by atoms with Crippen molar-refractivity contribution in [1.82, 2.24) is 0 Å². The van der Waals surface area contributed by atoms with Gasteiger partial charge in [-0.05, 0) is 36.4 Å². The van der Waals surface area contributed by atoms with Gasteiger partial charge in [-0.25, -0.2) is 0 Å². The minimum Gasteiger partial charge on any atom is -0.151 e. The first-order valence-corrected chi connectivity index (χ1v) is 5.05. The van der Waals surface area contributed by atoms with Gasteiger partial charge in [0.1, 0.15) is 0 Å². The van der Waals surface area contributed by atoms with Crippen LogP contribution in [0.4, 0.5) is 11.4 Å². The van der Waals surface area contributed by atoms with Crippen LogP contribution in [-0.2, 0) is 0 Å². The molecule has 2 rings (SSSR count). The molecule has 0 bridgehead atoms. The number of rotatable bonds is 2. The molecule has 0 spiro atoms. The highest BCUT2D eigenvalue weighted by molar-refractivity contribution is 7.80. The lowest BCUT2D eigenvalue weighted by atomic mass is 10.3. The van der Waals surface area contributed by atoms with E-state index in [0.29, 0.717) is 0 Å². The van der Waals surface area contributed by atoms with E-state index in [4.69, 9.17) is 0 Å². The van der Waals surface area contributed by atoms with Crippen molar-refractivity contribution in [2.75, 3.05) is 0 Å². The molecule has 2 nitrogen and oxygen atoms in total. The van der Waals surface area contributed by atoms with E-state index in [1.165, 1.54) is 0 Å². The fourth-order valence-corrected chi connectivity index (χ4v) is 1.28. The summed E-state index contributed by atoms with van der Waals surface area (Å²) < 4.78 is 0. The van der Waals surface area contributed by atoms with Crippen molar-refractivity contribution in [2.45, 2.75) is 4.90 Å². The van der Waals surface area contributed by atoms with Crippen molar-refractivity contribution in [3.8, 4) is 0 Å². The number of hydrogen-bond donors (Lipinski definition) is 1. The maximum absolute atomic E-state index is 4.20. The molecule has 0 heterocycles. The van der Waals surface area contributed by atoms with Gasteiger partial charge in [0.15, 0.2) is 0 Å². The fraction of sp³-hybridized carbons (Fsp3) is 0. The summed E-state index contributed by atoms with van der Waals surface area (Å²) in [4.78, 5) is 0.925. The zero-order valence-corrected chi connectivity index (χ0v) is 8.93. The van der Waals surface area contributed by atoms with Crippen molar-refractivity contribution in [3.63, 3.8) is 0 Å². The van der Waals surface area contributed by atoms with Gasteiger partial charge in [0.25, 0.3) is 0 Å². The van der Waals surface area contributed by atoms with Gasteiger partial charge in [-0.15, -0.1) is 12.6 Å². The Morgan fingerprint density at radius 2 is 1.20 bits per heavy atom. The van der Waals surface area contributed by atoms with Gasteiger partial charge in [-0.2, -0.15) is 10.2 Å². The monoisotopic (exact) mass is 214 g/mol. The lowest BCUT2D eigenvalue weighted by Gasteiger charge is -1.93. The molecule has 0 radical (unpaired) electrons. The van der Waals surface area contributed by atoms with E-state index in [1.807, 2.05) is 54.6 Å². The first kappa shape index (κ1) is 9.93. The summed E-state index contributed by atoms with van der Waals surface area (Å²) in [5.41, 5.74) is 1.68. The molecular formula is C12H10N2S. The smallest absolute Gasteiger partial charge is 0.0857 e. The van der Waals surface area contributed by atoms with Crippen molar-refractivity contribution < 1.29 is 0 Å². The molecule has 3 heteroatoms. The minimum atomic E-state index is 0.830.